The summed E-state index contributed by atoms with van der Waals surface area (Å²) in [6.45, 7) is 2.15. The van der Waals surface area contributed by atoms with Gasteiger partial charge in [0.05, 0.1) is 11.7 Å². The molecule has 0 bridgehead atoms. The van der Waals surface area contributed by atoms with Gasteiger partial charge in [0.1, 0.15) is 5.69 Å². The van der Waals surface area contributed by atoms with Crippen LogP contribution < -0.4 is 5.32 Å². The summed E-state index contributed by atoms with van der Waals surface area (Å²) >= 11 is 1.24. The van der Waals surface area contributed by atoms with Gasteiger partial charge in [-0.15, -0.1) is 0 Å². The van der Waals surface area contributed by atoms with Crippen LogP contribution in [0, 0.1) is 0 Å². The quantitative estimate of drug-likeness (QED) is 0.862. The van der Waals surface area contributed by atoms with E-state index in [1.54, 1.807) is 0 Å². The van der Waals surface area contributed by atoms with Crippen molar-refractivity contribution in [2.75, 3.05) is 12.4 Å². The molecule has 2 aromatic rings. The molecular weight excluding hydrogens is 206 g/mol. The van der Waals surface area contributed by atoms with Crippen LogP contribution in [0.25, 0.3) is 11.3 Å². The molecule has 0 saturated heterocycles. The van der Waals surface area contributed by atoms with Gasteiger partial charge in [0.25, 0.3) is 0 Å². The first-order valence-corrected chi connectivity index (χ1v) is 5.67. The van der Waals surface area contributed by atoms with Crippen LogP contribution in [0.1, 0.15) is 12.5 Å². The number of anilines is 1. The molecule has 0 saturated carbocycles. The lowest BCUT2D eigenvalue weighted by Crippen LogP contribution is -1.91. The Labute approximate surface area is 93.5 Å². The zero-order valence-electron chi connectivity index (χ0n) is 8.82. The van der Waals surface area contributed by atoms with E-state index in [-0.39, 0.29) is 0 Å². The minimum atomic E-state index is 0.855. The molecule has 0 fully saturated rings. The molecule has 0 amide bonds. The van der Waals surface area contributed by atoms with Gasteiger partial charge < -0.3 is 5.32 Å². The maximum atomic E-state index is 4.30. The van der Waals surface area contributed by atoms with E-state index in [0.717, 1.165) is 23.5 Å². The molecule has 1 N–H and O–H groups in total. The number of hydrogen-bond donors (Lipinski definition) is 1. The van der Waals surface area contributed by atoms with Crippen LogP contribution in [0.5, 0.6) is 0 Å². The molecule has 1 heterocycles. The summed E-state index contributed by atoms with van der Waals surface area (Å²) in [5.41, 5.74) is 3.40. The van der Waals surface area contributed by atoms with E-state index in [1.807, 2.05) is 7.05 Å². The van der Waals surface area contributed by atoms with Gasteiger partial charge >= 0.3 is 0 Å². The number of aromatic nitrogens is 2. The first kappa shape index (κ1) is 10.1. The third kappa shape index (κ3) is 1.99. The third-order valence-corrected chi connectivity index (χ3v) is 2.86. The number of nitrogens with zero attached hydrogens (tertiary/aromatic N) is 2. The van der Waals surface area contributed by atoms with E-state index >= 15 is 0 Å². The Morgan fingerprint density at radius 1 is 1.33 bits per heavy atom. The summed E-state index contributed by atoms with van der Waals surface area (Å²) in [6.07, 6.45) is 1.04. The molecule has 0 atom stereocenters. The van der Waals surface area contributed by atoms with Crippen molar-refractivity contribution in [3.05, 3.63) is 29.8 Å². The molecule has 0 aliphatic rings. The average Bonchev–Trinajstić information content (AvgIpc) is 2.77. The summed E-state index contributed by atoms with van der Waals surface area (Å²) < 4.78 is 8.49. The van der Waals surface area contributed by atoms with Crippen LogP contribution in [0.15, 0.2) is 24.3 Å². The highest BCUT2D eigenvalue weighted by atomic mass is 32.1. The van der Waals surface area contributed by atoms with Crippen LogP contribution in [-0.4, -0.2) is 15.8 Å². The Bertz CT molecular complexity index is 451. The number of nitrogens with one attached hydrogen (secondary N) is 1. The van der Waals surface area contributed by atoms with E-state index in [4.69, 9.17) is 0 Å². The number of benzene rings is 1. The van der Waals surface area contributed by atoms with Crippen molar-refractivity contribution in [1.82, 2.24) is 8.75 Å². The summed E-state index contributed by atoms with van der Waals surface area (Å²) in [6, 6.07) is 8.42. The van der Waals surface area contributed by atoms with Gasteiger partial charge in [0.15, 0.2) is 5.82 Å². The predicted molar refractivity (Wildman–Crippen MR) is 64.3 cm³/mol. The molecule has 0 unspecified atom stereocenters. The van der Waals surface area contributed by atoms with Gasteiger partial charge in [-0.3, -0.25) is 0 Å². The fourth-order valence-electron chi connectivity index (χ4n) is 1.48. The minimum Gasteiger partial charge on any atom is -0.370 e. The number of rotatable bonds is 3. The van der Waals surface area contributed by atoms with Crippen molar-refractivity contribution < 1.29 is 0 Å². The molecule has 4 heteroatoms. The second-order valence-electron chi connectivity index (χ2n) is 3.27. The van der Waals surface area contributed by atoms with Gasteiger partial charge in [-0.1, -0.05) is 25.1 Å². The van der Waals surface area contributed by atoms with Crippen LogP contribution in [0.2, 0.25) is 0 Å². The van der Waals surface area contributed by atoms with Gasteiger partial charge in [-0.2, -0.15) is 8.75 Å². The van der Waals surface area contributed by atoms with E-state index in [2.05, 4.69) is 45.3 Å². The Morgan fingerprint density at radius 3 is 2.93 bits per heavy atom. The van der Waals surface area contributed by atoms with E-state index < -0.39 is 0 Å². The predicted octanol–water partition coefficient (Wildman–Crippen LogP) is 2.81. The lowest BCUT2D eigenvalue weighted by molar-refractivity contribution is 1.14. The van der Waals surface area contributed by atoms with Crippen LogP contribution in [0.3, 0.4) is 0 Å². The lowest BCUT2D eigenvalue weighted by atomic mass is 10.1. The first-order chi connectivity index (χ1) is 7.35. The molecule has 0 spiro atoms. The molecule has 1 aromatic heterocycles. The fraction of sp³-hybridized carbons (Fsp3) is 0.273. The van der Waals surface area contributed by atoms with E-state index in [9.17, 15) is 0 Å². The van der Waals surface area contributed by atoms with Gasteiger partial charge in [0, 0.05) is 12.6 Å². The van der Waals surface area contributed by atoms with Crippen molar-refractivity contribution >= 4 is 17.5 Å². The standard InChI is InChI=1S/C11H13N3S/c1-3-8-5-4-6-9(7-8)10-11(12-2)14-15-13-10/h4-7H,3H2,1-2H3,(H,12,14). The maximum absolute atomic E-state index is 4.30. The monoisotopic (exact) mass is 219 g/mol. The fourth-order valence-corrected chi connectivity index (χ4v) is 2.05. The number of aryl methyl sites for hydroxylation is 1. The summed E-state index contributed by atoms with van der Waals surface area (Å²) in [5, 5.41) is 3.05. The van der Waals surface area contributed by atoms with Crippen molar-refractivity contribution in [3.8, 4) is 11.3 Å². The lowest BCUT2D eigenvalue weighted by Gasteiger charge is -2.02. The zero-order valence-corrected chi connectivity index (χ0v) is 9.64. The molecule has 78 valence electrons. The van der Waals surface area contributed by atoms with Crippen molar-refractivity contribution in [3.63, 3.8) is 0 Å². The average molecular weight is 219 g/mol. The van der Waals surface area contributed by atoms with Crippen molar-refractivity contribution in [1.29, 1.82) is 0 Å². The van der Waals surface area contributed by atoms with E-state index in [1.165, 1.54) is 17.3 Å². The Balaban J connectivity index is 2.44. The Morgan fingerprint density at radius 2 is 2.20 bits per heavy atom. The molecule has 0 aliphatic carbocycles. The van der Waals surface area contributed by atoms with Crippen molar-refractivity contribution in [2.24, 2.45) is 0 Å². The van der Waals surface area contributed by atoms with Gasteiger partial charge in [0.2, 0.25) is 0 Å². The Kier molecular flexibility index (Phi) is 2.97. The highest BCUT2D eigenvalue weighted by Gasteiger charge is 2.08. The largest absolute Gasteiger partial charge is 0.370 e. The summed E-state index contributed by atoms with van der Waals surface area (Å²) in [4.78, 5) is 0. The van der Waals surface area contributed by atoms with Crippen molar-refractivity contribution in [2.45, 2.75) is 13.3 Å². The normalized spacial score (nSPS) is 10.3. The highest BCUT2D eigenvalue weighted by molar-refractivity contribution is 6.99. The number of hydrogen-bond acceptors (Lipinski definition) is 4. The van der Waals surface area contributed by atoms with Crippen LogP contribution in [-0.2, 0) is 6.42 Å². The van der Waals surface area contributed by atoms with Gasteiger partial charge in [-0.05, 0) is 18.1 Å². The van der Waals surface area contributed by atoms with Gasteiger partial charge in [-0.25, -0.2) is 0 Å². The molecule has 15 heavy (non-hydrogen) atoms. The summed E-state index contributed by atoms with van der Waals surface area (Å²) in [7, 11) is 1.86. The SMILES string of the molecule is CCc1cccc(-c2nsnc2NC)c1. The third-order valence-electron chi connectivity index (χ3n) is 2.33. The highest BCUT2D eigenvalue weighted by Crippen LogP contribution is 2.26. The Hall–Kier alpha value is -1.42. The van der Waals surface area contributed by atoms with Crippen LogP contribution in [0.4, 0.5) is 5.82 Å². The second-order valence-corrected chi connectivity index (χ2v) is 3.79. The second kappa shape index (κ2) is 4.40. The molecule has 0 radical (unpaired) electrons. The smallest absolute Gasteiger partial charge is 0.167 e. The zero-order chi connectivity index (χ0) is 10.7. The van der Waals surface area contributed by atoms with Crippen LogP contribution >= 0.6 is 11.7 Å². The molecule has 0 aliphatic heterocycles. The van der Waals surface area contributed by atoms with E-state index in [0.29, 0.717) is 0 Å². The molecule has 1 aromatic carbocycles. The maximum Gasteiger partial charge on any atom is 0.167 e. The molecular formula is C11H13N3S. The molecule has 3 nitrogen and oxygen atoms in total. The molecule has 2 rings (SSSR count). The first-order valence-electron chi connectivity index (χ1n) is 4.94. The minimum absolute atomic E-state index is 0.855. The summed E-state index contributed by atoms with van der Waals surface area (Å²) in [5.74, 6) is 0.855. The topological polar surface area (TPSA) is 37.8 Å².